The van der Waals surface area contributed by atoms with Gasteiger partial charge in [0, 0.05) is 0 Å². The molecule has 0 aromatic heterocycles. The molecule has 0 aliphatic carbocycles. The predicted octanol–water partition coefficient (Wildman–Crippen LogP) is 5.59. The first-order chi connectivity index (χ1) is 7.68. The van der Waals surface area contributed by atoms with E-state index >= 15 is 0 Å². The maximum absolute atomic E-state index is 2.50. The highest BCUT2D eigenvalue weighted by molar-refractivity contribution is 6.38. The maximum Gasteiger partial charge on any atom is 0.124 e. The van der Waals surface area contributed by atoms with E-state index in [1.165, 1.54) is 71.5 Å². The van der Waals surface area contributed by atoms with Crippen molar-refractivity contribution in [1.82, 2.24) is 0 Å². The lowest BCUT2D eigenvalue weighted by atomic mass is 9.51. The first-order valence-corrected chi connectivity index (χ1v) is 7.68. The molecule has 0 unspecified atom stereocenters. The zero-order valence-corrected chi connectivity index (χ0v) is 12.3. The molecule has 0 spiro atoms. The maximum atomic E-state index is 2.50. The molecule has 0 aliphatic rings. The molecule has 16 heavy (non-hydrogen) atoms. The Balaban J connectivity index is 3.64. The summed E-state index contributed by atoms with van der Waals surface area (Å²) in [4.78, 5) is 0. The van der Waals surface area contributed by atoms with Crippen molar-refractivity contribution < 1.29 is 0 Å². The van der Waals surface area contributed by atoms with Gasteiger partial charge in [0.1, 0.15) is 7.28 Å². The molecular weight excluding hydrogens is 191 g/mol. The molecule has 0 aliphatic heterocycles. The van der Waals surface area contributed by atoms with E-state index in [1.807, 2.05) is 0 Å². The van der Waals surface area contributed by atoms with Crippen molar-refractivity contribution in [2.24, 2.45) is 0 Å². The van der Waals surface area contributed by atoms with Crippen LogP contribution in [0.1, 0.15) is 85.0 Å². The van der Waals surface area contributed by atoms with Crippen LogP contribution in [0.15, 0.2) is 0 Å². The Morgan fingerprint density at radius 1 is 0.750 bits per heavy atom. The molecule has 0 rings (SSSR count). The summed E-state index contributed by atoms with van der Waals surface area (Å²) < 4.78 is 0. The molecule has 0 radical (unpaired) electrons. The van der Waals surface area contributed by atoms with Gasteiger partial charge >= 0.3 is 0 Å². The largest absolute Gasteiger partial charge is 0.124 e. The van der Waals surface area contributed by atoms with E-state index in [1.54, 1.807) is 0 Å². The molecule has 0 bridgehead atoms. The standard InChI is InChI=1S/C15H33B/c1-5-7-9-11-13-15(3,16-4)14-12-10-8-6-2/h16H,5-14H2,1-4H3. The summed E-state index contributed by atoms with van der Waals surface area (Å²) in [6.07, 6.45) is 14.3. The Morgan fingerprint density at radius 2 is 1.19 bits per heavy atom. The second kappa shape index (κ2) is 10.2. The van der Waals surface area contributed by atoms with Crippen molar-refractivity contribution in [3.8, 4) is 0 Å². The molecule has 96 valence electrons. The zero-order valence-electron chi connectivity index (χ0n) is 12.3. The fraction of sp³-hybridized carbons (Fsp3) is 1.00. The summed E-state index contributed by atoms with van der Waals surface area (Å²) in [5, 5.41) is 0.640. The van der Waals surface area contributed by atoms with E-state index in [9.17, 15) is 0 Å². The molecule has 0 heterocycles. The van der Waals surface area contributed by atoms with Gasteiger partial charge in [-0.3, -0.25) is 0 Å². The van der Waals surface area contributed by atoms with Crippen LogP contribution in [-0.4, -0.2) is 7.28 Å². The Labute approximate surface area is 105 Å². The average molecular weight is 224 g/mol. The average Bonchev–Trinajstić information content (AvgIpc) is 2.31. The minimum absolute atomic E-state index is 0.640. The first-order valence-electron chi connectivity index (χ1n) is 7.68. The van der Waals surface area contributed by atoms with Crippen molar-refractivity contribution in [2.75, 3.05) is 0 Å². The molecule has 1 heteroatoms. The van der Waals surface area contributed by atoms with Gasteiger partial charge in [-0.05, 0) is 0 Å². The van der Waals surface area contributed by atoms with Crippen LogP contribution in [0, 0.1) is 0 Å². The number of hydrogen-bond donors (Lipinski definition) is 0. The van der Waals surface area contributed by atoms with Gasteiger partial charge in [-0.2, -0.15) is 0 Å². The fourth-order valence-corrected chi connectivity index (χ4v) is 2.44. The lowest BCUT2D eigenvalue weighted by molar-refractivity contribution is 0.451. The molecule has 0 fully saturated rings. The third kappa shape index (κ3) is 8.24. The molecule has 0 atom stereocenters. The SMILES string of the molecule is CBC(C)(CCCCCC)CCCCCC. The van der Waals surface area contributed by atoms with Gasteiger partial charge < -0.3 is 0 Å². The van der Waals surface area contributed by atoms with Crippen LogP contribution >= 0.6 is 0 Å². The lowest BCUT2D eigenvalue weighted by Crippen LogP contribution is -2.14. The zero-order chi connectivity index (χ0) is 12.3. The summed E-state index contributed by atoms with van der Waals surface area (Å²) in [5.41, 5.74) is 0. The summed E-state index contributed by atoms with van der Waals surface area (Å²) in [6.45, 7) is 9.47. The number of unbranched alkanes of at least 4 members (excludes halogenated alkanes) is 6. The van der Waals surface area contributed by atoms with Crippen molar-refractivity contribution in [2.45, 2.75) is 97.1 Å². The van der Waals surface area contributed by atoms with Crippen LogP contribution in [0.4, 0.5) is 0 Å². The van der Waals surface area contributed by atoms with Crippen molar-refractivity contribution in [3.63, 3.8) is 0 Å². The van der Waals surface area contributed by atoms with Crippen molar-refractivity contribution in [1.29, 1.82) is 0 Å². The van der Waals surface area contributed by atoms with Crippen LogP contribution in [0.25, 0.3) is 0 Å². The second-order valence-corrected chi connectivity index (χ2v) is 5.79. The quantitative estimate of drug-likeness (QED) is 0.317. The number of rotatable bonds is 11. The van der Waals surface area contributed by atoms with E-state index in [2.05, 4.69) is 27.6 Å². The van der Waals surface area contributed by atoms with E-state index in [4.69, 9.17) is 0 Å². The molecule has 0 amide bonds. The molecular formula is C15H33B. The fourth-order valence-electron chi connectivity index (χ4n) is 2.44. The van der Waals surface area contributed by atoms with Crippen LogP contribution in [0.3, 0.4) is 0 Å². The first kappa shape index (κ1) is 16.1. The summed E-state index contributed by atoms with van der Waals surface area (Å²) in [5.74, 6) is 0. The molecule has 0 saturated heterocycles. The minimum Gasteiger partial charge on any atom is -0.0889 e. The Kier molecular flexibility index (Phi) is 10.3. The summed E-state index contributed by atoms with van der Waals surface area (Å²) in [7, 11) is 1.37. The highest BCUT2D eigenvalue weighted by Crippen LogP contribution is 2.37. The van der Waals surface area contributed by atoms with E-state index < -0.39 is 0 Å². The van der Waals surface area contributed by atoms with Crippen LogP contribution in [0.2, 0.25) is 12.1 Å². The molecule has 0 aromatic rings. The topological polar surface area (TPSA) is 0 Å². The van der Waals surface area contributed by atoms with Gasteiger partial charge in [0.2, 0.25) is 0 Å². The third-order valence-electron chi connectivity index (χ3n) is 4.12. The van der Waals surface area contributed by atoms with Crippen molar-refractivity contribution >= 4 is 7.28 Å². The normalized spacial score (nSPS) is 11.8. The van der Waals surface area contributed by atoms with Gasteiger partial charge in [0.05, 0.1) is 0 Å². The monoisotopic (exact) mass is 224 g/mol. The van der Waals surface area contributed by atoms with Gasteiger partial charge in [-0.15, -0.1) is 0 Å². The lowest BCUT2D eigenvalue weighted by Gasteiger charge is -2.27. The molecule has 0 N–H and O–H groups in total. The van der Waals surface area contributed by atoms with E-state index in [0.29, 0.717) is 5.31 Å². The summed E-state index contributed by atoms with van der Waals surface area (Å²) >= 11 is 0. The van der Waals surface area contributed by atoms with E-state index in [-0.39, 0.29) is 0 Å². The molecule has 0 aromatic carbocycles. The van der Waals surface area contributed by atoms with Gasteiger partial charge in [-0.25, -0.2) is 0 Å². The Hall–Kier alpha value is 0.0649. The smallest absolute Gasteiger partial charge is 0.0889 e. The van der Waals surface area contributed by atoms with Crippen LogP contribution < -0.4 is 0 Å². The Morgan fingerprint density at radius 3 is 1.50 bits per heavy atom. The predicted molar refractivity (Wildman–Crippen MR) is 78.9 cm³/mol. The van der Waals surface area contributed by atoms with Gasteiger partial charge in [-0.1, -0.05) is 97.1 Å². The molecule has 0 nitrogen and oxygen atoms in total. The second-order valence-electron chi connectivity index (χ2n) is 5.79. The van der Waals surface area contributed by atoms with Gasteiger partial charge in [0.25, 0.3) is 0 Å². The molecule has 0 saturated carbocycles. The highest BCUT2D eigenvalue weighted by Gasteiger charge is 2.21. The Bertz CT molecular complexity index is 130. The van der Waals surface area contributed by atoms with Crippen LogP contribution in [-0.2, 0) is 0 Å². The number of hydrogen-bond acceptors (Lipinski definition) is 0. The van der Waals surface area contributed by atoms with Crippen LogP contribution in [0.5, 0.6) is 0 Å². The minimum atomic E-state index is 0.640. The highest BCUT2D eigenvalue weighted by atomic mass is 14.2. The van der Waals surface area contributed by atoms with E-state index in [0.717, 1.165) is 0 Å². The van der Waals surface area contributed by atoms with Gasteiger partial charge in [0.15, 0.2) is 0 Å². The third-order valence-corrected chi connectivity index (χ3v) is 4.12. The van der Waals surface area contributed by atoms with Crippen molar-refractivity contribution in [3.05, 3.63) is 0 Å². The summed E-state index contributed by atoms with van der Waals surface area (Å²) in [6, 6.07) is 0.